The number of nitrogens with two attached hydrogens (primary N) is 1. The molecule has 2 rings (SSSR count). The van der Waals surface area contributed by atoms with Crippen molar-refractivity contribution in [3.63, 3.8) is 0 Å². The Bertz CT molecular complexity index is 511. The van der Waals surface area contributed by atoms with E-state index in [1.807, 2.05) is 6.92 Å². The molecule has 0 saturated carbocycles. The number of carbonyl (C=O) groups is 4. The van der Waals surface area contributed by atoms with Crippen LogP contribution in [0.5, 0.6) is 0 Å². The summed E-state index contributed by atoms with van der Waals surface area (Å²) in [4.78, 5) is 47.2. The molecule has 3 amide bonds. The van der Waals surface area contributed by atoms with Crippen LogP contribution in [-0.4, -0.2) is 56.4 Å². The van der Waals surface area contributed by atoms with Crippen molar-refractivity contribution < 1.29 is 24.3 Å². The molecule has 3 atom stereocenters. The molecule has 0 aromatic rings. The summed E-state index contributed by atoms with van der Waals surface area (Å²) in [5, 5.41) is 11.3. The van der Waals surface area contributed by atoms with Crippen molar-refractivity contribution in [1.82, 2.24) is 10.2 Å². The van der Waals surface area contributed by atoms with E-state index >= 15 is 0 Å². The number of carboxylic acid groups (broad SMARTS) is 1. The molecule has 2 saturated heterocycles. The lowest BCUT2D eigenvalue weighted by atomic mass is 10.1. The Kier molecular flexibility index (Phi) is 4.13. The van der Waals surface area contributed by atoms with Crippen LogP contribution in [0.4, 0.5) is 0 Å². The second-order valence-corrected chi connectivity index (χ2v) is 6.84. The predicted octanol–water partition coefficient (Wildman–Crippen LogP) is -1.11. The Morgan fingerprint density at radius 3 is 2.81 bits per heavy atom. The van der Waals surface area contributed by atoms with Crippen molar-refractivity contribution in [3.05, 3.63) is 0 Å². The standard InChI is InChI=1S/C12H17N3O5S/c1-12-3-2-9(17)15(12)7(5-21-12)10(18)14-6(11(19)20)4-8(13)16/h6-7H,2-5H2,1H3,(H2,13,16)(H,14,18)(H,19,20). The van der Waals surface area contributed by atoms with Crippen LogP contribution in [0.25, 0.3) is 0 Å². The van der Waals surface area contributed by atoms with Crippen molar-refractivity contribution in [1.29, 1.82) is 0 Å². The van der Waals surface area contributed by atoms with Crippen molar-refractivity contribution in [2.75, 3.05) is 5.75 Å². The molecular weight excluding hydrogens is 298 g/mol. The fourth-order valence-electron chi connectivity index (χ4n) is 2.68. The average molecular weight is 315 g/mol. The highest BCUT2D eigenvalue weighted by atomic mass is 32.2. The summed E-state index contributed by atoms with van der Waals surface area (Å²) in [6, 6.07) is -2.07. The Morgan fingerprint density at radius 2 is 2.24 bits per heavy atom. The van der Waals surface area contributed by atoms with Gasteiger partial charge in [-0.1, -0.05) is 0 Å². The van der Waals surface area contributed by atoms with Gasteiger partial charge in [0.2, 0.25) is 17.7 Å². The maximum Gasteiger partial charge on any atom is 0.326 e. The molecule has 0 bridgehead atoms. The van der Waals surface area contributed by atoms with Gasteiger partial charge >= 0.3 is 5.97 Å². The molecule has 0 aromatic heterocycles. The number of primary amides is 1. The van der Waals surface area contributed by atoms with Gasteiger partial charge in [-0.3, -0.25) is 14.4 Å². The summed E-state index contributed by atoms with van der Waals surface area (Å²) < 4.78 is 0. The fourth-order valence-corrected chi connectivity index (χ4v) is 4.12. The number of amides is 3. The number of hydrogen-bond donors (Lipinski definition) is 3. The number of carboxylic acids is 1. The van der Waals surface area contributed by atoms with Gasteiger partial charge in [0.1, 0.15) is 12.1 Å². The molecule has 0 spiro atoms. The largest absolute Gasteiger partial charge is 0.480 e. The first kappa shape index (κ1) is 15.6. The van der Waals surface area contributed by atoms with E-state index in [0.717, 1.165) is 0 Å². The van der Waals surface area contributed by atoms with E-state index in [-0.39, 0.29) is 5.91 Å². The van der Waals surface area contributed by atoms with Gasteiger partial charge < -0.3 is 21.1 Å². The van der Waals surface area contributed by atoms with Gasteiger partial charge in [0.25, 0.3) is 0 Å². The molecule has 2 fully saturated rings. The van der Waals surface area contributed by atoms with Crippen LogP contribution in [0.2, 0.25) is 0 Å². The molecule has 0 radical (unpaired) electrons. The molecule has 3 unspecified atom stereocenters. The van der Waals surface area contributed by atoms with Crippen molar-refractivity contribution in [2.24, 2.45) is 5.73 Å². The van der Waals surface area contributed by atoms with E-state index in [1.54, 1.807) is 0 Å². The first-order valence-corrected chi connectivity index (χ1v) is 7.51. The van der Waals surface area contributed by atoms with Crippen LogP contribution in [0.3, 0.4) is 0 Å². The predicted molar refractivity (Wildman–Crippen MR) is 74.1 cm³/mol. The zero-order valence-electron chi connectivity index (χ0n) is 11.5. The minimum Gasteiger partial charge on any atom is -0.480 e. The lowest BCUT2D eigenvalue weighted by Crippen LogP contribution is -2.54. The van der Waals surface area contributed by atoms with Crippen LogP contribution in [0.1, 0.15) is 26.2 Å². The summed E-state index contributed by atoms with van der Waals surface area (Å²) in [7, 11) is 0. The second-order valence-electron chi connectivity index (χ2n) is 5.34. The number of nitrogens with one attached hydrogen (secondary N) is 1. The minimum atomic E-state index is -1.37. The molecule has 9 heteroatoms. The zero-order valence-corrected chi connectivity index (χ0v) is 12.3. The first-order chi connectivity index (χ1) is 9.74. The highest BCUT2D eigenvalue weighted by molar-refractivity contribution is 8.01. The molecule has 2 heterocycles. The minimum absolute atomic E-state index is 0.107. The Morgan fingerprint density at radius 1 is 1.57 bits per heavy atom. The molecule has 8 nitrogen and oxygen atoms in total. The maximum atomic E-state index is 12.2. The van der Waals surface area contributed by atoms with E-state index in [0.29, 0.717) is 18.6 Å². The van der Waals surface area contributed by atoms with Gasteiger partial charge in [-0.15, -0.1) is 11.8 Å². The molecular formula is C12H17N3O5S. The van der Waals surface area contributed by atoms with E-state index in [2.05, 4.69) is 5.32 Å². The lowest BCUT2D eigenvalue weighted by molar-refractivity contribution is -0.145. The van der Waals surface area contributed by atoms with E-state index in [9.17, 15) is 19.2 Å². The molecule has 21 heavy (non-hydrogen) atoms. The van der Waals surface area contributed by atoms with Gasteiger partial charge in [-0.2, -0.15) is 0 Å². The van der Waals surface area contributed by atoms with Crippen LogP contribution in [-0.2, 0) is 19.2 Å². The number of carbonyl (C=O) groups excluding carboxylic acids is 3. The van der Waals surface area contributed by atoms with Crippen LogP contribution < -0.4 is 11.1 Å². The number of hydrogen-bond acceptors (Lipinski definition) is 5. The van der Waals surface area contributed by atoms with E-state index in [4.69, 9.17) is 10.8 Å². The van der Waals surface area contributed by atoms with Crippen molar-refractivity contribution in [3.8, 4) is 0 Å². The normalized spacial score (nSPS) is 29.1. The van der Waals surface area contributed by atoms with E-state index in [1.165, 1.54) is 16.7 Å². The maximum absolute atomic E-state index is 12.2. The molecule has 2 aliphatic heterocycles. The third-order valence-electron chi connectivity index (χ3n) is 3.77. The van der Waals surface area contributed by atoms with Crippen molar-refractivity contribution >= 4 is 35.5 Å². The average Bonchev–Trinajstić information content (AvgIpc) is 2.85. The van der Waals surface area contributed by atoms with Crippen LogP contribution >= 0.6 is 11.8 Å². The van der Waals surface area contributed by atoms with Gasteiger partial charge in [0, 0.05) is 12.2 Å². The number of nitrogens with zero attached hydrogens (tertiary/aromatic N) is 1. The Labute approximate surface area is 125 Å². The zero-order chi connectivity index (χ0) is 15.8. The van der Waals surface area contributed by atoms with Gasteiger partial charge in [0.05, 0.1) is 11.3 Å². The summed E-state index contributed by atoms with van der Waals surface area (Å²) >= 11 is 1.51. The van der Waals surface area contributed by atoms with Gasteiger partial charge in [-0.25, -0.2) is 4.79 Å². The van der Waals surface area contributed by atoms with Gasteiger partial charge in [0.15, 0.2) is 0 Å². The first-order valence-electron chi connectivity index (χ1n) is 6.52. The highest BCUT2D eigenvalue weighted by Gasteiger charge is 2.53. The molecule has 0 aliphatic carbocycles. The van der Waals surface area contributed by atoms with E-state index < -0.39 is 41.2 Å². The van der Waals surface area contributed by atoms with Crippen molar-refractivity contribution in [2.45, 2.75) is 43.1 Å². The Hall–Kier alpha value is -1.77. The number of fused-ring (bicyclic) bond motifs is 1. The quantitative estimate of drug-likeness (QED) is 0.589. The number of thioether (sulfide) groups is 1. The lowest BCUT2D eigenvalue weighted by Gasteiger charge is -2.30. The third kappa shape index (κ3) is 2.97. The summed E-state index contributed by atoms with van der Waals surface area (Å²) in [5.74, 6) is -2.40. The SMILES string of the molecule is CC12CCC(=O)N1C(C(=O)NC(CC(N)=O)C(=O)O)CS2. The van der Waals surface area contributed by atoms with Crippen LogP contribution in [0.15, 0.2) is 0 Å². The second kappa shape index (κ2) is 5.55. The smallest absolute Gasteiger partial charge is 0.326 e. The number of rotatable bonds is 5. The summed E-state index contributed by atoms with van der Waals surface area (Å²) in [6.07, 6.45) is 0.576. The Balaban J connectivity index is 2.08. The fraction of sp³-hybridized carbons (Fsp3) is 0.667. The summed E-state index contributed by atoms with van der Waals surface area (Å²) in [6.45, 7) is 1.90. The monoisotopic (exact) mass is 315 g/mol. The topological polar surface area (TPSA) is 130 Å². The number of aliphatic carboxylic acids is 1. The van der Waals surface area contributed by atoms with Gasteiger partial charge in [-0.05, 0) is 13.3 Å². The van der Waals surface area contributed by atoms with Crippen LogP contribution in [0, 0.1) is 0 Å². The molecule has 2 aliphatic rings. The highest BCUT2D eigenvalue weighted by Crippen LogP contribution is 2.47. The molecule has 116 valence electrons. The molecule has 0 aromatic carbocycles. The molecule has 4 N–H and O–H groups in total. The third-order valence-corrected chi connectivity index (χ3v) is 5.27. The summed E-state index contributed by atoms with van der Waals surface area (Å²) in [5.41, 5.74) is 4.97.